The van der Waals surface area contributed by atoms with Crippen LogP contribution in [-0.2, 0) is 4.74 Å². The van der Waals surface area contributed by atoms with E-state index >= 15 is 0 Å². The van der Waals surface area contributed by atoms with Crippen molar-refractivity contribution in [2.45, 2.75) is 44.8 Å². The second-order valence-corrected chi connectivity index (χ2v) is 9.47. The third-order valence-electron chi connectivity index (χ3n) is 5.90. The fraction of sp³-hybridized carbons (Fsp3) is 0.400. The number of carbonyl (C=O) groups excluding carboxylic acids is 1. The Morgan fingerprint density at radius 2 is 2.18 bits per heavy atom. The predicted octanol–water partition coefficient (Wildman–Crippen LogP) is 3.41. The average molecular weight is 466 g/mol. The molecular formula is C25H28FN5O3. The fourth-order valence-electron chi connectivity index (χ4n) is 3.88. The molecule has 0 saturated heterocycles. The molecule has 3 aromatic rings. The van der Waals surface area contributed by atoms with Gasteiger partial charge in [0.05, 0.1) is 42.0 Å². The molecule has 3 N–H and O–H groups in total. The highest BCUT2D eigenvalue weighted by atomic mass is 19.1. The van der Waals surface area contributed by atoms with Gasteiger partial charge in [-0.15, -0.1) is 0 Å². The third kappa shape index (κ3) is 4.80. The van der Waals surface area contributed by atoms with Crippen LogP contribution in [0, 0.1) is 5.82 Å². The van der Waals surface area contributed by atoms with Crippen LogP contribution in [0.25, 0.3) is 22.5 Å². The largest absolute Gasteiger partial charge is 0.389 e. The molecule has 1 aromatic carbocycles. The summed E-state index contributed by atoms with van der Waals surface area (Å²) in [7, 11) is 0. The van der Waals surface area contributed by atoms with E-state index in [2.05, 4.69) is 15.6 Å². The van der Waals surface area contributed by atoms with Gasteiger partial charge < -0.3 is 20.5 Å². The van der Waals surface area contributed by atoms with Crippen molar-refractivity contribution < 1.29 is 19.0 Å². The number of nitrogens with one attached hydrogen (secondary N) is 2. The standard InChI is InChI=1S/C25H28FN5O3/c1-25(2,33)14-28-22-23-27-12-21(31(23)13-20(30-22)15-7-9-34-10-8-15)16-3-6-18(19(26)11-16)24(32)29-17-4-5-17/h3,6-7,11-13,17,33H,4-5,8-10,14H2,1-2H3,(H,28,30)(H,29,32). The highest BCUT2D eigenvalue weighted by Crippen LogP contribution is 2.29. The van der Waals surface area contributed by atoms with Crippen LogP contribution in [0.1, 0.15) is 49.2 Å². The lowest BCUT2D eigenvalue weighted by Crippen LogP contribution is -2.30. The van der Waals surface area contributed by atoms with E-state index in [0.29, 0.717) is 35.9 Å². The zero-order valence-corrected chi connectivity index (χ0v) is 19.3. The normalized spacial score (nSPS) is 16.4. The molecular weight excluding hydrogens is 437 g/mol. The Kier molecular flexibility index (Phi) is 5.83. The van der Waals surface area contributed by atoms with Crippen LogP contribution in [0.5, 0.6) is 0 Å². The third-order valence-corrected chi connectivity index (χ3v) is 5.90. The summed E-state index contributed by atoms with van der Waals surface area (Å²) in [4.78, 5) is 21.6. The van der Waals surface area contributed by atoms with E-state index in [0.717, 1.165) is 30.5 Å². The molecule has 9 heteroatoms. The van der Waals surface area contributed by atoms with Crippen molar-refractivity contribution in [1.82, 2.24) is 19.7 Å². The number of fused-ring (bicyclic) bond motifs is 1. The SMILES string of the molecule is CC(C)(O)CNc1nc(C2=CCOCC2)cn2c(-c3ccc(C(=O)NC4CC4)c(F)c3)cnc12. The van der Waals surface area contributed by atoms with Crippen LogP contribution in [0.2, 0.25) is 0 Å². The number of ether oxygens (including phenoxy) is 1. The second kappa shape index (κ2) is 8.81. The molecule has 0 bridgehead atoms. The second-order valence-electron chi connectivity index (χ2n) is 9.47. The summed E-state index contributed by atoms with van der Waals surface area (Å²) in [5.74, 6) is -0.438. The predicted molar refractivity (Wildman–Crippen MR) is 127 cm³/mol. The van der Waals surface area contributed by atoms with E-state index in [1.54, 1.807) is 26.1 Å². The molecule has 5 rings (SSSR count). The van der Waals surface area contributed by atoms with Crippen molar-refractivity contribution in [1.29, 1.82) is 0 Å². The maximum atomic E-state index is 14.9. The number of benzene rings is 1. The highest BCUT2D eigenvalue weighted by Gasteiger charge is 2.25. The summed E-state index contributed by atoms with van der Waals surface area (Å²) in [6.07, 6.45) is 8.16. The van der Waals surface area contributed by atoms with E-state index < -0.39 is 11.4 Å². The Morgan fingerprint density at radius 1 is 1.35 bits per heavy atom. The number of hydrogen-bond acceptors (Lipinski definition) is 6. The zero-order chi connectivity index (χ0) is 23.9. The van der Waals surface area contributed by atoms with Gasteiger partial charge in [-0.25, -0.2) is 14.4 Å². The lowest BCUT2D eigenvalue weighted by molar-refractivity contribution is 0.0938. The van der Waals surface area contributed by atoms with E-state index in [9.17, 15) is 14.3 Å². The van der Waals surface area contributed by atoms with Gasteiger partial charge in [0, 0.05) is 24.3 Å². The molecule has 1 aliphatic carbocycles. The fourth-order valence-corrected chi connectivity index (χ4v) is 3.88. The lowest BCUT2D eigenvalue weighted by atomic mass is 10.1. The molecule has 34 heavy (non-hydrogen) atoms. The van der Waals surface area contributed by atoms with Crippen LogP contribution in [-0.4, -0.2) is 56.8 Å². The van der Waals surface area contributed by atoms with Gasteiger partial charge in [-0.05, 0) is 50.8 Å². The topological polar surface area (TPSA) is 101 Å². The lowest BCUT2D eigenvalue weighted by Gasteiger charge is -2.20. The molecule has 0 spiro atoms. The number of rotatable bonds is 7. The number of nitrogens with zero attached hydrogens (tertiary/aromatic N) is 3. The zero-order valence-electron chi connectivity index (χ0n) is 19.3. The molecule has 1 amide bonds. The Morgan fingerprint density at radius 3 is 2.85 bits per heavy atom. The highest BCUT2D eigenvalue weighted by molar-refractivity contribution is 5.95. The smallest absolute Gasteiger partial charge is 0.254 e. The summed E-state index contributed by atoms with van der Waals surface area (Å²) < 4.78 is 22.2. The van der Waals surface area contributed by atoms with Crippen LogP contribution in [0.3, 0.4) is 0 Å². The van der Waals surface area contributed by atoms with Crippen molar-refractivity contribution in [2.75, 3.05) is 25.1 Å². The van der Waals surface area contributed by atoms with Crippen molar-refractivity contribution in [2.24, 2.45) is 0 Å². The van der Waals surface area contributed by atoms with Gasteiger partial charge in [0.2, 0.25) is 0 Å². The molecule has 0 unspecified atom stereocenters. The summed E-state index contributed by atoms with van der Waals surface area (Å²) in [6.45, 7) is 4.84. The van der Waals surface area contributed by atoms with Gasteiger partial charge in [-0.1, -0.05) is 12.1 Å². The Balaban J connectivity index is 1.55. The number of anilines is 1. The number of hydrogen-bond donors (Lipinski definition) is 3. The number of aliphatic hydroxyl groups is 1. The quantitative estimate of drug-likeness (QED) is 0.494. The number of imidazole rings is 1. The molecule has 1 aliphatic heterocycles. The first-order valence-corrected chi connectivity index (χ1v) is 11.5. The van der Waals surface area contributed by atoms with Gasteiger partial charge >= 0.3 is 0 Å². The monoisotopic (exact) mass is 465 g/mol. The first kappa shape index (κ1) is 22.5. The summed E-state index contributed by atoms with van der Waals surface area (Å²) >= 11 is 0. The van der Waals surface area contributed by atoms with Gasteiger partial charge in [-0.3, -0.25) is 9.20 Å². The maximum Gasteiger partial charge on any atom is 0.254 e. The van der Waals surface area contributed by atoms with Crippen molar-refractivity contribution >= 4 is 22.9 Å². The molecule has 2 aliphatic rings. The van der Waals surface area contributed by atoms with Gasteiger partial charge in [-0.2, -0.15) is 0 Å². The molecule has 3 heterocycles. The minimum atomic E-state index is -0.942. The van der Waals surface area contributed by atoms with E-state index in [4.69, 9.17) is 9.72 Å². The summed E-state index contributed by atoms with van der Waals surface area (Å²) in [5.41, 5.74) is 2.73. The molecule has 0 atom stereocenters. The minimum Gasteiger partial charge on any atom is -0.389 e. The molecule has 2 aromatic heterocycles. The Hall–Kier alpha value is -3.30. The minimum absolute atomic E-state index is 0.0340. The molecule has 1 fully saturated rings. The maximum absolute atomic E-state index is 14.9. The molecule has 178 valence electrons. The van der Waals surface area contributed by atoms with Crippen molar-refractivity contribution in [3.8, 4) is 11.3 Å². The molecule has 8 nitrogen and oxygen atoms in total. The van der Waals surface area contributed by atoms with Crippen LogP contribution in [0.4, 0.5) is 10.2 Å². The molecule has 1 saturated carbocycles. The first-order valence-electron chi connectivity index (χ1n) is 11.5. The number of aromatic nitrogens is 3. The van der Waals surface area contributed by atoms with E-state index in [1.807, 2.05) is 16.7 Å². The van der Waals surface area contributed by atoms with Crippen LogP contribution in [0.15, 0.2) is 36.7 Å². The summed E-state index contributed by atoms with van der Waals surface area (Å²) in [5, 5.41) is 16.2. The van der Waals surface area contributed by atoms with E-state index in [-0.39, 0.29) is 24.1 Å². The van der Waals surface area contributed by atoms with Gasteiger partial charge in [0.1, 0.15) is 5.82 Å². The average Bonchev–Trinajstić information content (AvgIpc) is 3.52. The van der Waals surface area contributed by atoms with Crippen molar-refractivity contribution in [3.63, 3.8) is 0 Å². The van der Waals surface area contributed by atoms with Crippen molar-refractivity contribution in [3.05, 3.63) is 53.7 Å². The first-order chi connectivity index (χ1) is 16.3. The van der Waals surface area contributed by atoms with Gasteiger partial charge in [0.15, 0.2) is 11.5 Å². The summed E-state index contributed by atoms with van der Waals surface area (Å²) in [6, 6.07) is 4.76. The molecule has 0 radical (unpaired) electrons. The van der Waals surface area contributed by atoms with Crippen LogP contribution < -0.4 is 10.6 Å². The Labute approximate surface area is 196 Å². The van der Waals surface area contributed by atoms with E-state index in [1.165, 1.54) is 12.1 Å². The van der Waals surface area contributed by atoms with Crippen LogP contribution >= 0.6 is 0 Å². The Bertz CT molecular complexity index is 1270. The number of carbonyl (C=O) groups is 1. The number of halogens is 1. The van der Waals surface area contributed by atoms with Gasteiger partial charge in [0.25, 0.3) is 5.91 Å². The number of amides is 1.